The average Bonchev–Trinajstić information content (AvgIpc) is 2.44. The van der Waals surface area contributed by atoms with Crippen LogP contribution in [0.25, 0.3) is 10.9 Å². The fraction of sp³-hybridized carbons (Fsp3) is 0.412. The first-order valence-corrected chi connectivity index (χ1v) is 7.40. The van der Waals surface area contributed by atoms with Crippen LogP contribution >= 0.6 is 0 Å². The Morgan fingerprint density at radius 2 is 2.10 bits per heavy atom. The SMILES string of the molecule is CCCCN(Cc1cc2cccc(C)c2[nH]c1=O)C(C)=O. The highest BCUT2D eigenvalue weighted by atomic mass is 16.2. The largest absolute Gasteiger partial charge is 0.338 e. The van der Waals surface area contributed by atoms with E-state index in [0.29, 0.717) is 18.7 Å². The van der Waals surface area contributed by atoms with E-state index in [4.69, 9.17) is 0 Å². The van der Waals surface area contributed by atoms with Crippen molar-refractivity contribution in [3.63, 3.8) is 0 Å². The minimum atomic E-state index is -0.112. The number of H-pyrrole nitrogens is 1. The van der Waals surface area contributed by atoms with Gasteiger partial charge in [-0.2, -0.15) is 0 Å². The number of benzene rings is 1. The molecule has 2 aromatic rings. The Bertz CT molecular complexity index is 703. The van der Waals surface area contributed by atoms with Crippen molar-refractivity contribution in [2.45, 2.75) is 40.2 Å². The summed E-state index contributed by atoms with van der Waals surface area (Å²) < 4.78 is 0. The summed E-state index contributed by atoms with van der Waals surface area (Å²) in [7, 11) is 0. The highest BCUT2D eigenvalue weighted by molar-refractivity contribution is 5.82. The van der Waals surface area contributed by atoms with E-state index in [1.807, 2.05) is 31.2 Å². The number of nitrogens with zero attached hydrogens (tertiary/aromatic N) is 1. The lowest BCUT2D eigenvalue weighted by molar-refractivity contribution is -0.129. The smallest absolute Gasteiger partial charge is 0.253 e. The van der Waals surface area contributed by atoms with Gasteiger partial charge in [0.15, 0.2) is 0 Å². The summed E-state index contributed by atoms with van der Waals surface area (Å²) in [6.07, 6.45) is 1.97. The number of carbonyl (C=O) groups excluding carboxylic acids is 1. The number of hydrogen-bond donors (Lipinski definition) is 1. The Labute approximate surface area is 124 Å². The van der Waals surface area contributed by atoms with Crippen LogP contribution in [0.5, 0.6) is 0 Å². The number of carbonyl (C=O) groups is 1. The van der Waals surface area contributed by atoms with Crippen LogP contribution in [-0.2, 0) is 11.3 Å². The highest BCUT2D eigenvalue weighted by Crippen LogP contribution is 2.16. The molecule has 2 rings (SSSR count). The molecular formula is C17H22N2O2. The molecule has 1 heterocycles. The molecule has 0 aliphatic carbocycles. The van der Waals surface area contributed by atoms with E-state index < -0.39 is 0 Å². The van der Waals surface area contributed by atoms with Crippen LogP contribution < -0.4 is 5.56 Å². The molecule has 4 heteroatoms. The molecule has 0 saturated heterocycles. The van der Waals surface area contributed by atoms with Gasteiger partial charge in [-0.15, -0.1) is 0 Å². The zero-order valence-electron chi connectivity index (χ0n) is 12.9. The Morgan fingerprint density at radius 3 is 2.76 bits per heavy atom. The van der Waals surface area contributed by atoms with Crippen LogP contribution in [0.1, 0.15) is 37.8 Å². The van der Waals surface area contributed by atoms with Crippen molar-refractivity contribution >= 4 is 16.8 Å². The van der Waals surface area contributed by atoms with Crippen molar-refractivity contribution in [2.24, 2.45) is 0 Å². The summed E-state index contributed by atoms with van der Waals surface area (Å²) >= 11 is 0. The lowest BCUT2D eigenvalue weighted by Crippen LogP contribution is -2.31. The quantitative estimate of drug-likeness (QED) is 0.918. The second kappa shape index (κ2) is 6.57. The lowest BCUT2D eigenvalue weighted by atomic mass is 10.1. The van der Waals surface area contributed by atoms with E-state index >= 15 is 0 Å². The number of para-hydroxylation sites is 1. The van der Waals surface area contributed by atoms with Gasteiger partial charge in [0.25, 0.3) is 5.56 Å². The summed E-state index contributed by atoms with van der Waals surface area (Å²) in [5, 5.41) is 1.00. The van der Waals surface area contributed by atoms with Gasteiger partial charge in [-0.05, 0) is 30.4 Å². The number of rotatable bonds is 5. The second-order valence-corrected chi connectivity index (χ2v) is 5.46. The molecule has 0 radical (unpaired) electrons. The molecule has 0 unspecified atom stereocenters. The molecule has 1 aromatic heterocycles. The third kappa shape index (κ3) is 3.51. The van der Waals surface area contributed by atoms with Gasteiger partial charge < -0.3 is 9.88 Å². The van der Waals surface area contributed by atoms with Gasteiger partial charge in [-0.1, -0.05) is 31.5 Å². The van der Waals surface area contributed by atoms with E-state index in [-0.39, 0.29) is 11.5 Å². The van der Waals surface area contributed by atoms with Crippen LogP contribution in [-0.4, -0.2) is 22.3 Å². The maximum Gasteiger partial charge on any atom is 0.253 e. The highest BCUT2D eigenvalue weighted by Gasteiger charge is 2.12. The van der Waals surface area contributed by atoms with Crippen LogP contribution in [0.2, 0.25) is 0 Å². The molecule has 21 heavy (non-hydrogen) atoms. The maximum atomic E-state index is 12.2. The first kappa shape index (κ1) is 15.3. The zero-order chi connectivity index (χ0) is 15.4. The monoisotopic (exact) mass is 286 g/mol. The van der Waals surface area contributed by atoms with E-state index in [9.17, 15) is 9.59 Å². The number of pyridine rings is 1. The minimum Gasteiger partial charge on any atom is -0.338 e. The van der Waals surface area contributed by atoms with Gasteiger partial charge in [-0.25, -0.2) is 0 Å². The van der Waals surface area contributed by atoms with E-state index in [1.165, 1.54) is 0 Å². The van der Waals surface area contributed by atoms with Crippen molar-refractivity contribution < 1.29 is 4.79 Å². The van der Waals surface area contributed by atoms with Crippen molar-refractivity contribution in [1.82, 2.24) is 9.88 Å². The van der Waals surface area contributed by atoms with Gasteiger partial charge in [0.1, 0.15) is 0 Å². The van der Waals surface area contributed by atoms with E-state index in [2.05, 4.69) is 11.9 Å². The minimum absolute atomic E-state index is 0.00666. The zero-order valence-corrected chi connectivity index (χ0v) is 12.9. The predicted octanol–water partition coefficient (Wildman–Crippen LogP) is 2.99. The van der Waals surface area contributed by atoms with Gasteiger partial charge in [-0.3, -0.25) is 9.59 Å². The van der Waals surface area contributed by atoms with Crippen molar-refractivity contribution in [3.8, 4) is 0 Å². The molecule has 0 aliphatic heterocycles. The number of hydrogen-bond acceptors (Lipinski definition) is 2. The molecule has 1 aromatic carbocycles. The fourth-order valence-electron chi connectivity index (χ4n) is 2.45. The Morgan fingerprint density at radius 1 is 1.33 bits per heavy atom. The Balaban J connectivity index is 2.35. The molecule has 0 saturated carbocycles. The summed E-state index contributed by atoms with van der Waals surface area (Å²) in [6.45, 7) is 6.67. The lowest BCUT2D eigenvalue weighted by Gasteiger charge is -2.20. The molecule has 1 amide bonds. The Hall–Kier alpha value is -2.10. The van der Waals surface area contributed by atoms with Crippen LogP contribution in [0.3, 0.4) is 0 Å². The summed E-state index contributed by atoms with van der Waals surface area (Å²) in [6, 6.07) is 7.82. The standard InChI is InChI=1S/C17H22N2O2/c1-4-5-9-19(13(3)20)11-15-10-14-8-6-7-12(2)16(14)18-17(15)21/h6-8,10H,4-5,9,11H2,1-3H3,(H,18,21). The number of fused-ring (bicyclic) bond motifs is 1. The molecule has 0 spiro atoms. The van der Waals surface area contributed by atoms with Gasteiger partial charge >= 0.3 is 0 Å². The molecule has 1 N–H and O–H groups in total. The van der Waals surface area contributed by atoms with Crippen molar-refractivity contribution in [3.05, 3.63) is 45.7 Å². The van der Waals surface area contributed by atoms with Gasteiger partial charge in [0.2, 0.25) is 5.91 Å². The first-order chi connectivity index (χ1) is 10.0. The molecular weight excluding hydrogens is 264 g/mol. The number of aromatic nitrogens is 1. The van der Waals surface area contributed by atoms with Crippen LogP contribution in [0, 0.1) is 6.92 Å². The average molecular weight is 286 g/mol. The molecule has 0 aliphatic rings. The fourth-order valence-corrected chi connectivity index (χ4v) is 2.45. The second-order valence-electron chi connectivity index (χ2n) is 5.46. The molecule has 0 atom stereocenters. The number of amides is 1. The number of aromatic amines is 1. The predicted molar refractivity (Wildman–Crippen MR) is 85.3 cm³/mol. The summed E-state index contributed by atoms with van der Waals surface area (Å²) in [4.78, 5) is 28.6. The topological polar surface area (TPSA) is 53.2 Å². The van der Waals surface area contributed by atoms with Crippen LogP contribution in [0.15, 0.2) is 29.1 Å². The molecule has 112 valence electrons. The summed E-state index contributed by atoms with van der Waals surface area (Å²) in [5.74, 6) is 0.00666. The van der Waals surface area contributed by atoms with Gasteiger partial charge in [0.05, 0.1) is 12.1 Å². The maximum absolute atomic E-state index is 12.2. The van der Waals surface area contributed by atoms with Gasteiger partial charge in [0, 0.05) is 19.0 Å². The third-order valence-corrected chi connectivity index (χ3v) is 3.75. The van der Waals surface area contributed by atoms with Crippen molar-refractivity contribution in [2.75, 3.05) is 6.54 Å². The van der Waals surface area contributed by atoms with Crippen molar-refractivity contribution in [1.29, 1.82) is 0 Å². The molecule has 0 bridgehead atoms. The number of nitrogens with one attached hydrogen (secondary N) is 1. The normalized spacial score (nSPS) is 10.8. The molecule has 4 nitrogen and oxygen atoms in total. The van der Waals surface area contributed by atoms with E-state index in [1.54, 1.807) is 11.8 Å². The van der Waals surface area contributed by atoms with E-state index in [0.717, 1.165) is 29.3 Å². The van der Waals surface area contributed by atoms with Crippen LogP contribution in [0.4, 0.5) is 0 Å². The number of unbranched alkanes of at least 4 members (excludes halogenated alkanes) is 1. The summed E-state index contributed by atoms with van der Waals surface area (Å²) in [5.41, 5.74) is 2.44. The Kier molecular flexibility index (Phi) is 4.78. The molecule has 0 fully saturated rings. The number of aryl methyl sites for hydroxylation is 1. The third-order valence-electron chi connectivity index (χ3n) is 3.75. The first-order valence-electron chi connectivity index (χ1n) is 7.40.